The molecule has 1 atom stereocenters. The maximum absolute atomic E-state index is 6.43. The molecule has 1 aliphatic rings. The maximum Gasteiger partial charge on any atom is 0.163 e. The van der Waals surface area contributed by atoms with E-state index in [0.717, 1.165) is 37.1 Å². The second-order valence-corrected chi connectivity index (χ2v) is 7.12. The van der Waals surface area contributed by atoms with Crippen molar-refractivity contribution in [2.75, 3.05) is 20.3 Å². The van der Waals surface area contributed by atoms with Crippen molar-refractivity contribution in [3.63, 3.8) is 0 Å². The Hall–Kier alpha value is -1.46. The van der Waals surface area contributed by atoms with E-state index in [4.69, 9.17) is 37.4 Å². The number of hydrogen-bond acceptors (Lipinski definition) is 4. The zero-order chi connectivity index (χ0) is 18.4. The molecule has 0 bridgehead atoms. The Labute approximate surface area is 164 Å². The molecule has 0 saturated carbocycles. The van der Waals surface area contributed by atoms with Gasteiger partial charge in [-0.2, -0.15) is 0 Å². The molecule has 0 spiro atoms. The SMILES string of the molecule is COc1cc(CNCC2CCCO2)c(Cl)cc1OCc1cccc(Cl)c1. The van der Waals surface area contributed by atoms with Gasteiger partial charge in [-0.05, 0) is 42.2 Å². The molecule has 2 aromatic rings. The fourth-order valence-electron chi connectivity index (χ4n) is 2.95. The van der Waals surface area contributed by atoms with Gasteiger partial charge in [-0.1, -0.05) is 35.3 Å². The van der Waals surface area contributed by atoms with E-state index in [2.05, 4.69) is 5.32 Å². The van der Waals surface area contributed by atoms with Crippen LogP contribution in [-0.2, 0) is 17.9 Å². The number of halogens is 2. The van der Waals surface area contributed by atoms with Crippen molar-refractivity contribution in [2.45, 2.75) is 32.1 Å². The van der Waals surface area contributed by atoms with Crippen molar-refractivity contribution in [1.82, 2.24) is 5.32 Å². The first-order valence-electron chi connectivity index (χ1n) is 8.71. The van der Waals surface area contributed by atoms with E-state index >= 15 is 0 Å². The monoisotopic (exact) mass is 395 g/mol. The largest absolute Gasteiger partial charge is 0.493 e. The molecular weight excluding hydrogens is 373 g/mol. The highest BCUT2D eigenvalue weighted by Gasteiger charge is 2.16. The molecule has 2 aromatic carbocycles. The van der Waals surface area contributed by atoms with Crippen LogP contribution in [0.4, 0.5) is 0 Å². The van der Waals surface area contributed by atoms with Crippen molar-refractivity contribution in [3.8, 4) is 11.5 Å². The van der Waals surface area contributed by atoms with E-state index in [0.29, 0.717) is 40.8 Å². The van der Waals surface area contributed by atoms with Crippen LogP contribution < -0.4 is 14.8 Å². The normalized spacial score (nSPS) is 16.7. The summed E-state index contributed by atoms with van der Waals surface area (Å²) in [4.78, 5) is 0. The van der Waals surface area contributed by atoms with E-state index in [1.807, 2.05) is 30.3 Å². The number of nitrogens with one attached hydrogen (secondary N) is 1. The van der Waals surface area contributed by atoms with E-state index in [1.165, 1.54) is 0 Å². The van der Waals surface area contributed by atoms with Crippen LogP contribution in [0.25, 0.3) is 0 Å². The number of rotatable bonds is 8. The Balaban J connectivity index is 1.62. The van der Waals surface area contributed by atoms with Gasteiger partial charge in [0.15, 0.2) is 11.5 Å². The molecule has 1 unspecified atom stereocenters. The lowest BCUT2D eigenvalue weighted by atomic mass is 10.2. The van der Waals surface area contributed by atoms with Crippen LogP contribution in [0.1, 0.15) is 24.0 Å². The fourth-order valence-corrected chi connectivity index (χ4v) is 3.38. The molecule has 1 fully saturated rings. The van der Waals surface area contributed by atoms with Gasteiger partial charge >= 0.3 is 0 Å². The third kappa shape index (κ3) is 5.27. The van der Waals surface area contributed by atoms with Crippen LogP contribution in [0.5, 0.6) is 11.5 Å². The van der Waals surface area contributed by atoms with Crippen LogP contribution in [0.3, 0.4) is 0 Å². The third-order valence-electron chi connectivity index (χ3n) is 4.33. The number of hydrogen-bond donors (Lipinski definition) is 1. The second kappa shape index (κ2) is 9.47. The van der Waals surface area contributed by atoms with Gasteiger partial charge in [-0.15, -0.1) is 0 Å². The van der Waals surface area contributed by atoms with Crippen LogP contribution in [0.15, 0.2) is 36.4 Å². The van der Waals surface area contributed by atoms with Crippen molar-refractivity contribution in [2.24, 2.45) is 0 Å². The Morgan fingerprint density at radius 3 is 2.81 bits per heavy atom. The molecule has 6 heteroatoms. The Kier molecular flexibility index (Phi) is 7.03. The smallest absolute Gasteiger partial charge is 0.163 e. The van der Waals surface area contributed by atoms with Crippen LogP contribution in [0, 0.1) is 0 Å². The van der Waals surface area contributed by atoms with Gasteiger partial charge in [0.05, 0.1) is 13.2 Å². The lowest BCUT2D eigenvalue weighted by Gasteiger charge is -2.15. The predicted molar refractivity (Wildman–Crippen MR) is 104 cm³/mol. The molecule has 140 valence electrons. The minimum absolute atomic E-state index is 0.302. The summed E-state index contributed by atoms with van der Waals surface area (Å²) in [5, 5.41) is 4.73. The lowest BCUT2D eigenvalue weighted by molar-refractivity contribution is 0.110. The fraction of sp³-hybridized carbons (Fsp3) is 0.400. The zero-order valence-corrected chi connectivity index (χ0v) is 16.3. The summed E-state index contributed by atoms with van der Waals surface area (Å²) in [7, 11) is 1.62. The number of methoxy groups -OCH3 is 1. The van der Waals surface area contributed by atoms with Crippen LogP contribution >= 0.6 is 23.2 Å². The van der Waals surface area contributed by atoms with E-state index in [-0.39, 0.29) is 0 Å². The first-order chi connectivity index (χ1) is 12.7. The van der Waals surface area contributed by atoms with Crippen molar-refractivity contribution in [1.29, 1.82) is 0 Å². The van der Waals surface area contributed by atoms with Gasteiger partial charge in [0.1, 0.15) is 6.61 Å². The van der Waals surface area contributed by atoms with Gasteiger partial charge < -0.3 is 19.5 Å². The van der Waals surface area contributed by atoms with E-state index in [9.17, 15) is 0 Å². The Morgan fingerprint density at radius 2 is 2.08 bits per heavy atom. The molecule has 26 heavy (non-hydrogen) atoms. The second-order valence-electron chi connectivity index (χ2n) is 6.28. The molecule has 1 aliphatic heterocycles. The Morgan fingerprint density at radius 1 is 1.19 bits per heavy atom. The van der Waals surface area contributed by atoms with Crippen LogP contribution in [-0.4, -0.2) is 26.4 Å². The highest BCUT2D eigenvalue weighted by Crippen LogP contribution is 2.34. The summed E-state index contributed by atoms with van der Waals surface area (Å²) >= 11 is 12.4. The number of benzene rings is 2. The summed E-state index contributed by atoms with van der Waals surface area (Å²) in [6.45, 7) is 2.73. The molecule has 1 saturated heterocycles. The van der Waals surface area contributed by atoms with Gasteiger partial charge in [0, 0.05) is 35.8 Å². The van der Waals surface area contributed by atoms with Gasteiger partial charge in [-0.3, -0.25) is 0 Å². The average Bonchev–Trinajstić information content (AvgIpc) is 3.15. The minimum atomic E-state index is 0.302. The third-order valence-corrected chi connectivity index (χ3v) is 4.91. The van der Waals surface area contributed by atoms with E-state index < -0.39 is 0 Å². The lowest BCUT2D eigenvalue weighted by Crippen LogP contribution is -2.25. The summed E-state index contributed by atoms with van der Waals surface area (Å²) in [6.07, 6.45) is 2.55. The molecule has 1 N–H and O–H groups in total. The molecular formula is C20H23Cl2NO3. The summed E-state index contributed by atoms with van der Waals surface area (Å²) < 4.78 is 17.0. The zero-order valence-electron chi connectivity index (χ0n) is 14.8. The first kappa shape index (κ1) is 19.3. The van der Waals surface area contributed by atoms with Crippen molar-refractivity contribution in [3.05, 3.63) is 57.6 Å². The standard InChI is InChI=1S/C20H23Cl2NO3/c1-24-19-9-15(11-23-12-17-6-3-7-25-17)18(22)10-20(19)26-13-14-4-2-5-16(21)8-14/h2,4-5,8-10,17,23H,3,6-7,11-13H2,1H3. The van der Waals surface area contributed by atoms with Crippen molar-refractivity contribution < 1.29 is 14.2 Å². The molecule has 3 rings (SSSR count). The summed E-state index contributed by atoms with van der Waals surface area (Å²) in [6, 6.07) is 11.3. The highest BCUT2D eigenvalue weighted by molar-refractivity contribution is 6.31. The minimum Gasteiger partial charge on any atom is -0.493 e. The van der Waals surface area contributed by atoms with Crippen molar-refractivity contribution >= 4 is 23.2 Å². The number of ether oxygens (including phenoxy) is 3. The van der Waals surface area contributed by atoms with Crippen LogP contribution in [0.2, 0.25) is 10.0 Å². The van der Waals surface area contributed by atoms with Gasteiger partial charge in [-0.25, -0.2) is 0 Å². The average molecular weight is 396 g/mol. The summed E-state index contributed by atoms with van der Waals surface area (Å²) in [5.74, 6) is 1.27. The molecule has 0 radical (unpaired) electrons. The van der Waals surface area contributed by atoms with Gasteiger partial charge in [0.2, 0.25) is 0 Å². The molecule has 0 aromatic heterocycles. The molecule has 0 amide bonds. The topological polar surface area (TPSA) is 39.7 Å². The molecule has 0 aliphatic carbocycles. The predicted octanol–water partition coefficient (Wildman–Crippen LogP) is 4.85. The van der Waals surface area contributed by atoms with Gasteiger partial charge in [0.25, 0.3) is 0 Å². The summed E-state index contributed by atoms with van der Waals surface area (Å²) in [5.41, 5.74) is 1.95. The first-order valence-corrected chi connectivity index (χ1v) is 9.47. The quantitative estimate of drug-likeness (QED) is 0.693. The van der Waals surface area contributed by atoms with E-state index in [1.54, 1.807) is 13.2 Å². The Bertz CT molecular complexity index is 733. The molecule has 4 nitrogen and oxygen atoms in total. The highest BCUT2D eigenvalue weighted by atomic mass is 35.5. The maximum atomic E-state index is 6.43. The molecule has 1 heterocycles.